The molecule has 0 saturated heterocycles. The van der Waals surface area contributed by atoms with Crippen LogP contribution in [-0.2, 0) is 6.42 Å². The number of ether oxygens (including phenoxy) is 1. The number of anilines is 2. The normalized spacial score (nSPS) is 10.8. The molecule has 2 aromatic rings. The van der Waals surface area contributed by atoms with Crippen molar-refractivity contribution in [2.45, 2.75) is 33.1 Å². The first-order valence-corrected chi connectivity index (χ1v) is 6.56. The second kappa shape index (κ2) is 5.73. The summed E-state index contributed by atoms with van der Waals surface area (Å²) in [6.07, 6.45) is 4.16. The molecule has 4 N–H and O–H groups in total. The summed E-state index contributed by atoms with van der Waals surface area (Å²) < 4.78 is 5.85. The highest BCUT2D eigenvalue weighted by molar-refractivity contribution is 5.50. The highest BCUT2D eigenvalue weighted by Crippen LogP contribution is 2.32. The average molecular weight is 273 g/mol. The van der Waals surface area contributed by atoms with Gasteiger partial charge in [-0.05, 0) is 12.3 Å². The predicted molar refractivity (Wildman–Crippen MR) is 78.6 cm³/mol. The van der Waals surface area contributed by atoms with Crippen LogP contribution in [0, 0.1) is 0 Å². The van der Waals surface area contributed by atoms with Crippen LogP contribution in [0.25, 0.3) is 0 Å². The molecule has 0 spiro atoms. The quantitative estimate of drug-likeness (QED) is 0.887. The van der Waals surface area contributed by atoms with E-state index in [4.69, 9.17) is 16.2 Å². The van der Waals surface area contributed by atoms with Crippen LogP contribution >= 0.6 is 0 Å². The smallest absolute Gasteiger partial charge is 0.222 e. The lowest BCUT2D eigenvalue weighted by molar-refractivity contribution is 0.469. The molecule has 0 amide bonds. The van der Waals surface area contributed by atoms with E-state index in [-0.39, 0.29) is 11.8 Å². The third-order valence-electron chi connectivity index (χ3n) is 2.96. The van der Waals surface area contributed by atoms with E-state index in [0.29, 0.717) is 11.7 Å². The van der Waals surface area contributed by atoms with Crippen molar-refractivity contribution in [3.05, 3.63) is 29.7 Å². The van der Waals surface area contributed by atoms with E-state index in [1.165, 1.54) is 6.20 Å². The zero-order chi connectivity index (χ0) is 14.7. The monoisotopic (exact) mass is 273 g/mol. The maximum atomic E-state index is 5.85. The Morgan fingerprint density at radius 3 is 2.50 bits per heavy atom. The van der Waals surface area contributed by atoms with Gasteiger partial charge in [0.1, 0.15) is 5.75 Å². The van der Waals surface area contributed by atoms with Crippen LogP contribution in [0.3, 0.4) is 0 Å². The minimum Gasteiger partial charge on any atom is -0.451 e. The highest BCUT2D eigenvalue weighted by atomic mass is 16.5. The lowest BCUT2D eigenvalue weighted by Crippen LogP contribution is -2.03. The van der Waals surface area contributed by atoms with Crippen LogP contribution in [-0.4, -0.2) is 15.0 Å². The van der Waals surface area contributed by atoms with Gasteiger partial charge >= 0.3 is 0 Å². The lowest BCUT2D eigenvalue weighted by atomic mass is 10.0. The summed E-state index contributed by atoms with van der Waals surface area (Å²) in [4.78, 5) is 12.2. The van der Waals surface area contributed by atoms with E-state index in [9.17, 15) is 0 Å². The number of nitrogens with two attached hydrogens (primary N) is 2. The minimum absolute atomic E-state index is 0.128. The van der Waals surface area contributed by atoms with Crippen molar-refractivity contribution < 1.29 is 4.74 Å². The second-order valence-electron chi connectivity index (χ2n) is 4.80. The fourth-order valence-electron chi connectivity index (χ4n) is 1.80. The van der Waals surface area contributed by atoms with Crippen molar-refractivity contribution in [1.82, 2.24) is 15.0 Å². The van der Waals surface area contributed by atoms with Crippen LogP contribution in [0.1, 0.15) is 37.9 Å². The van der Waals surface area contributed by atoms with Gasteiger partial charge in [0.15, 0.2) is 11.6 Å². The fraction of sp³-hybridized carbons (Fsp3) is 0.357. The largest absolute Gasteiger partial charge is 0.451 e. The van der Waals surface area contributed by atoms with E-state index < -0.39 is 0 Å². The lowest BCUT2D eigenvalue weighted by Gasteiger charge is -2.15. The molecule has 2 aromatic heterocycles. The predicted octanol–water partition coefficient (Wildman–Crippen LogP) is 2.51. The molecule has 0 aliphatic heterocycles. The first-order valence-electron chi connectivity index (χ1n) is 6.56. The van der Waals surface area contributed by atoms with Gasteiger partial charge < -0.3 is 16.2 Å². The first-order chi connectivity index (χ1) is 9.51. The summed E-state index contributed by atoms with van der Waals surface area (Å²) in [5.74, 6) is 1.77. The molecule has 2 heterocycles. The average Bonchev–Trinajstić information content (AvgIpc) is 2.41. The van der Waals surface area contributed by atoms with Gasteiger partial charge in [0.05, 0.1) is 6.20 Å². The van der Waals surface area contributed by atoms with Gasteiger partial charge in [-0.15, -0.1) is 0 Å². The molecule has 106 valence electrons. The van der Waals surface area contributed by atoms with E-state index in [0.717, 1.165) is 23.4 Å². The number of aromatic nitrogens is 3. The summed E-state index contributed by atoms with van der Waals surface area (Å²) in [6.45, 7) is 6.21. The number of aryl methyl sites for hydroxylation is 1. The molecule has 0 aliphatic rings. The Kier molecular flexibility index (Phi) is 4.02. The maximum Gasteiger partial charge on any atom is 0.222 e. The SMILES string of the molecule is CCc1cc(Oc2cnc(N)nc2N)c(C(C)C)cn1. The summed E-state index contributed by atoms with van der Waals surface area (Å²) in [5, 5.41) is 0. The van der Waals surface area contributed by atoms with Gasteiger partial charge in [0, 0.05) is 23.5 Å². The Labute approximate surface area is 118 Å². The van der Waals surface area contributed by atoms with Gasteiger partial charge in [-0.1, -0.05) is 20.8 Å². The third kappa shape index (κ3) is 2.96. The molecule has 0 saturated carbocycles. The first kappa shape index (κ1) is 14.0. The van der Waals surface area contributed by atoms with Crippen molar-refractivity contribution in [3.8, 4) is 11.5 Å². The molecule has 6 heteroatoms. The molecule has 0 bridgehead atoms. The van der Waals surface area contributed by atoms with E-state index in [1.54, 1.807) is 0 Å². The Morgan fingerprint density at radius 2 is 1.90 bits per heavy atom. The van der Waals surface area contributed by atoms with Crippen LogP contribution in [0.15, 0.2) is 18.5 Å². The van der Waals surface area contributed by atoms with Crippen LogP contribution in [0.2, 0.25) is 0 Å². The molecule has 2 rings (SSSR count). The standard InChI is InChI=1S/C14H19N5O/c1-4-9-5-11(10(6-17-9)8(2)3)20-12-7-18-14(16)19-13(12)15/h5-8H,4H2,1-3H3,(H4,15,16,18,19). The topological polar surface area (TPSA) is 99.9 Å². The molecule has 6 nitrogen and oxygen atoms in total. The zero-order valence-electron chi connectivity index (χ0n) is 11.9. The van der Waals surface area contributed by atoms with E-state index >= 15 is 0 Å². The number of hydrogen-bond acceptors (Lipinski definition) is 6. The molecule has 0 fully saturated rings. The van der Waals surface area contributed by atoms with Crippen molar-refractivity contribution in [3.63, 3.8) is 0 Å². The van der Waals surface area contributed by atoms with Gasteiger partial charge in [-0.25, -0.2) is 4.98 Å². The second-order valence-corrected chi connectivity index (χ2v) is 4.80. The Hall–Kier alpha value is -2.37. The van der Waals surface area contributed by atoms with Crippen LogP contribution < -0.4 is 16.2 Å². The zero-order valence-corrected chi connectivity index (χ0v) is 11.9. The van der Waals surface area contributed by atoms with Gasteiger partial charge in [0.25, 0.3) is 0 Å². The number of pyridine rings is 1. The fourth-order valence-corrected chi connectivity index (χ4v) is 1.80. The number of hydrogen-bond donors (Lipinski definition) is 2. The van der Waals surface area contributed by atoms with Gasteiger partial charge in [-0.2, -0.15) is 4.98 Å². The molecular formula is C14H19N5O. The van der Waals surface area contributed by atoms with Crippen molar-refractivity contribution in [1.29, 1.82) is 0 Å². The van der Waals surface area contributed by atoms with E-state index in [2.05, 4.69) is 28.8 Å². The highest BCUT2D eigenvalue weighted by Gasteiger charge is 2.13. The summed E-state index contributed by atoms with van der Waals surface area (Å²) in [5.41, 5.74) is 13.2. The van der Waals surface area contributed by atoms with Crippen molar-refractivity contribution in [2.75, 3.05) is 11.5 Å². The summed E-state index contributed by atoms with van der Waals surface area (Å²) in [7, 11) is 0. The van der Waals surface area contributed by atoms with E-state index in [1.807, 2.05) is 19.2 Å². The van der Waals surface area contributed by atoms with Crippen LogP contribution in [0.4, 0.5) is 11.8 Å². The summed E-state index contributed by atoms with van der Waals surface area (Å²) >= 11 is 0. The molecule has 0 radical (unpaired) electrons. The molecular weight excluding hydrogens is 254 g/mol. The molecule has 0 atom stereocenters. The van der Waals surface area contributed by atoms with Crippen LogP contribution in [0.5, 0.6) is 11.5 Å². The van der Waals surface area contributed by atoms with Crippen molar-refractivity contribution in [2.24, 2.45) is 0 Å². The van der Waals surface area contributed by atoms with Gasteiger partial charge in [-0.3, -0.25) is 4.98 Å². The number of nitrogen functional groups attached to an aromatic ring is 2. The molecule has 0 aliphatic carbocycles. The number of nitrogens with zero attached hydrogens (tertiary/aromatic N) is 3. The minimum atomic E-state index is 0.128. The van der Waals surface area contributed by atoms with Gasteiger partial charge in [0.2, 0.25) is 5.95 Å². The Balaban J connectivity index is 2.40. The third-order valence-corrected chi connectivity index (χ3v) is 2.96. The molecule has 0 aromatic carbocycles. The Morgan fingerprint density at radius 1 is 1.15 bits per heavy atom. The molecule has 0 unspecified atom stereocenters. The molecule has 20 heavy (non-hydrogen) atoms. The maximum absolute atomic E-state index is 5.85. The Bertz CT molecular complexity index is 613. The van der Waals surface area contributed by atoms with Crippen molar-refractivity contribution >= 4 is 11.8 Å². The summed E-state index contributed by atoms with van der Waals surface area (Å²) in [6, 6.07) is 1.92. The number of rotatable bonds is 4.